The number of rotatable bonds is 4. The summed E-state index contributed by atoms with van der Waals surface area (Å²) < 4.78 is 5.65. The Hall–Kier alpha value is -0.530. The molecule has 0 aromatic carbocycles. The molecule has 0 radical (unpaired) electrons. The van der Waals surface area contributed by atoms with Crippen LogP contribution in [-0.2, 0) is 9.53 Å². The lowest BCUT2D eigenvalue weighted by atomic mass is 9.67. The molecule has 2 bridgehead atoms. The maximum Gasteiger partial charge on any atom is 0.312 e. The van der Waals surface area contributed by atoms with Crippen LogP contribution < -0.4 is 0 Å². The summed E-state index contributed by atoms with van der Waals surface area (Å²) in [5, 5.41) is 0. The lowest BCUT2D eigenvalue weighted by molar-refractivity contribution is -0.161. The van der Waals surface area contributed by atoms with Crippen LogP contribution in [0.4, 0.5) is 0 Å². The summed E-state index contributed by atoms with van der Waals surface area (Å²) in [6.07, 6.45) is 2.27. The standard InChI is InChI=1S/C17H30O2/c1-10(2)11(3)9-19-16(18)17(6)8-14-7-15(17)13(5)12(14)4/h10-15H,7-9H2,1-6H3. The molecule has 2 fully saturated rings. The van der Waals surface area contributed by atoms with Crippen LogP contribution in [0.1, 0.15) is 54.4 Å². The van der Waals surface area contributed by atoms with Crippen LogP contribution in [-0.4, -0.2) is 12.6 Å². The van der Waals surface area contributed by atoms with Crippen molar-refractivity contribution in [3.63, 3.8) is 0 Å². The van der Waals surface area contributed by atoms with Gasteiger partial charge in [0.2, 0.25) is 0 Å². The average Bonchev–Trinajstić information content (AvgIpc) is 2.84. The van der Waals surface area contributed by atoms with Crippen molar-refractivity contribution in [1.29, 1.82) is 0 Å². The van der Waals surface area contributed by atoms with E-state index in [-0.39, 0.29) is 11.4 Å². The first-order valence-electron chi connectivity index (χ1n) is 7.94. The quantitative estimate of drug-likeness (QED) is 0.715. The molecule has 2 aliphatic rings. The summed E-state index contributed by atoms with van der Waals surface area (Å²) in [6.45, 7) is 13.9. The average molecular weight is 266 g/mol. The first kappa shape index (κ1) is 14.9. The summed E-state index contributed by atoms with van der Waals surface area (Å²) >= 11 is 0. The number of carbonyl (C=O) groups is 1. The molecule has 2 rings (SSSR count). The SMILES string of the molecule is CC(C)C(C)COC(=O)C1(C)CC2CC1C(C)C2C. The van der Waals surface area contributed by atoms with Gasteiger partial charge in [0, 0.05) is 0 Å². The Labute approximate surface area is 118 Å². The van der Waals surface area contributed by atoms with E-state index in [9.17, 15) is 4.79 Å². The molecule has 2 aliphatic carbocycles. The Morgan fingerprint density at radius 3 is 2.37 bits per heavy atom. The minimum atomic E-state index is -0.215. The smallest absolute Gasteiger partial charge is 0.312 e. The summed E-state index contributed by atoms with van der Waals surface area (Å²) in [4.78, 5) is 12.5. The highest BCUT2D eigenvalue weighted by Gasteiger charge is 2.59. The van der Waals surface area contributed by atoms with E-state index >= 15 is 0 Å². The molecule has 0 amide bonds. The van der Waals surface area contributed by atoms with Crippen molar-refractivity contribution in [2.75, 3.05) is 6.61 Å². The Morgan fingerprint density at radius 2 is 1.89 bits per heavy atom. The van der Waals surface area contributed by atoms with Crippen LogP contribution in [0.5, 0.6) is 0 Å². The summed E-state index contributed by atoms with van der Waals surface area (Å²) in [7, 11) is 0. The second kappa shape index (κ2) is 5.10. The molecule has 6 atom stereocenters. The van der Waals surface area contributed by atoms with Crippen LogP contribution in [0.25, 0.3) is 0 Å². The number of hydrogen-bond acceptors (Lipinski definition) is 2. The molecular weight excluding hydrogens is 236 g/mol. The van der Waals surface area contributed by atoms with Crippen LogP contribution in [0.15, 0.2) is 0 Å². The Kier molecular flexibility index (Phi) is 3.99. The van der Waals surface area contributed by atoms with Gasteiger partial charge < -0.3 is 4.74 Å². The van der Waals surface area contributed by atoms with E-state index in [1.807, 2.05) is 0 Å². The van der Waals surface area contributed by atoms with E-state index < -0.39 is 0 Å². The summed E-state index contributed by atoms with van der Waals surface area (Å²) in [5.41, 5.74) is -0.215. The second-order valence-corrected chi connectivity index (χ2v) is 7.76. The van der Waals surface area contributed by atoms with Gasteiger partial charge in [-0.2, -0.15) is 0 Å². The summed E-state index contributed by atoms with van der Waals surface area (Å²) in [5.74, 6) is 3.79. The Morgan fingerprint density at radius 1 is 1.26 bits per heavy atom. The fourth-order valence-corrected chi connectivity index (χ4v) is 4.16. The molecule has 0 N–H and O–H groups in total. The van der Waals surface area contributed by atoms with E-state index in [4.69, 9.17) is 4.74 Å². The molecule has 0 saturated heterocycles. The van der Waals surface area contributed by atoms with Gasteiger partial charge in [0.15, 0.2) is 0 Å². The van der Waals surface area contributed by atoms with Crippen molar-refractivity contribution in [3.8, 4) is 0 Å². The lowest BCUT2D eigenvalue weighted by Gasteiger charge is -2.38. The normalized spacial score (nSPS) is 42.7. The molecule has 2 nitrogen and oxygen atoms in total. The van der Waals surface area contributed by atoms with Gasteiger partial charge in [-0.25, -0.2) is 0 Å². The second-order valence-electron chi connectivity index (χ2n) is 7.76. The molecule has 0 aromatic rings. The van der Waals surface area contributed by atoms with Gasteiger partial charge in [-0.1, -0.05) is 34.6 Å². The number of ether oxygens (including phenoxy) is 1. The third-order valence-electron chi connectivity index (χ3n) is 6.35. The zero-order chi connectivity index (χ0) is 14.4. The zero-order valence-electron chi connectivity index (χ0n) is 13.4. The molecule has 19 heavy (non-hydrogen) atoms. The fourth-order valence-electron chi connectivity index (χ4n) is 4.16. The van der Waals surface area contributed by atoms with Crippen LogP contribution in [0, 0.1) is 40.9 Å². The van der Waals surface area contributed by atoms with Crippen molar-refractivity contribution < 1.29 is 9.53 Å². The molecule has 0 aliphatic heterocycles. The molecule has 6 unspecified atom stereocenters. The highest BCUT2D eigenvalue weighted by molar-refractivity contribution is 5.77. The van der Waals surface area contributed by atoms with Gasteiger partial charge in [0.25, 0.3) is 0 Å². The minimum absolute atomic E-state index is 0.0613. The molecule has 2 saturated carbocycles. The van der Waals surface area contributed by atoms with E-state index in [2.05, 4.69) is 41.5 Å². The number of esters is 1. The molecule has 0 aromatic heterocycles. The molecule has 0 heterocycles. The van der Waals surface area contributed by atoms with Crippen LogP contribution >= 0.6 is 0 Å². The predicted octanol–water partition coefficient (Wildman–Crippen LogP) is 4.14. The Bertz CT molecular complexity index is 347. The maximum atomic E-state index is 12.5. The third-order valence-corrected chi connectivity index (χ3v) is 6.35. The largest absolute Gasteiger partial charge is 0.465 e. The van der Waals surface area contributed by atoms with Crippen LogP contribution in [0.2, 0.25) is 0 Å². The van der Waals surface area contributed by atoms with Gasteiger partial charge in [0.05, 0.1) is 12.0 Å². The molecule has 110 valence electrons. The van der Waals surface area contributed by atoms with E-state index in [1.165, 1.54) is 6.42 Å². The van der Waals surface area contributed by atoms with Crippen molar-refractivity contribution >= 4 is 5.97 Å². The number of carbonyl (C=O) groups excluding carboxylic acids is 1. The maximum absolute atomic E-state index is 12.5. The first-order chi connectivity index (χ1) is 8.77. The van der Waals surface area contributed by atoms with Crippen molar-refractivity contribution in [2.45, 2.75) is 54.4 Å². The van der Waals surface area contributed by atoms with E-state index in [1.54, 1.807) is 0 Å². The van der Waals surface area contributed by atoms with Gasteiger partial charge in [0.1, 0.15) is 0 Å². The topological polar surface area (TPSA) is 26.3 Å². The van der Waals surface area contributed by atoms with Gasteiger partial charge in [-0.15, -0.1) is 0 Å². The van der Waals surface area contributed by atoms with Crippen molar-refractivity contribution in [2.24, 2.45) is 40.9 Å². The molecule has 0 spiro atoms. The lowest BCUT2D eigenvalue weighted by Crippen LogP contribution is -2.41. The van der Waals surface area contributed by atoms with Crippen molar-refractivity contribution in [1.82, 2.24) is 0 Å². The highest BCUT2D eigenvalue weighted by atomic mass is 16.5. The third kappa shape index (κ3) is 2.43. The fraction of sp³-hybridized carbons (Fsp3) is 0.941. The zero-order valence-corrected chi connectivity index (χ0v) is 13.4. The monoisotopic (exact) mass is 266 g/mol. The number of fused-ring (bicyclic) bond motifs is 2. The van der Waals surface area contributed by atoms with Gasteiger partial charge in [-0.05, 0) is 55.3 Å². The predicted molar refractivity (Wildman–Crippen MR) is 77.6 cm³/mol. The van der Waals surface area contributed by atoms with Crippen molar-refractivity contribution in [3.05, 3.63) is 0 Å². The first-order valence-corrected chi connectivity index (χ1v) is 7.94. The van der Waals surface area contributed by atoms with E-state index in [0.717, 1.165) is 18.3 Å². The van der Waals surface area contributed by atoms with Crippen LogP contribution in [0.3, 0.4) is 0 Å². The van der Waals surface area contributed by atoms with Gasteiger partial charge in [-0.3, -0.25) is 4.79 Å². The highest BCUT2D eigenvalue weighted by Crippen LogP contribution is 2.61. The van der Waals surface area contributed by atoms with E-state index in [0.29, 0.717) is 30.3 Å². The molecular formula is C17H30O2. The minimum Gasteiger partial charge on any atom is -0.465 e. The Balaban J connectivity index is 1.97. The molecule has 2 heteroatoms. The number of hydrogen-bond donors (Lipinski definition) is 0. The van der Waals surface area contributed by atoms with Gasteiger partial charge >= 0.3 is 5.97 Å². The summed E-state index contributed by atoms with van der Waals surface area (Å²) in [6, 6.07) is 0.